The zero-order valence-corrected chi connectivity index (χ0v) is 13.8. The standard InChI is InChI=1S/C18H22N4O2/c1-18(7-9-19-10-8-18)21-16(23)14-4-2-3-13(11-14)15-20-17(24-22-15)12-5-6-12/h2-4,11-12,19H,5-10H2,1H3,(H,21,23). The average Bonchev–Trinajstić information content (AvgIpc) is 3.32. The molecule has 1 saturated carbocycles. The van der Waals surface area contributed by atoms with E-state index in [-0.39, 0.29) is 11.4 Å². The fraction of sp³-hybridized carbons (Fsp3) is 0.500. The van der Waals surface area contributed by atoms with E-state index in [0.29, 0.717) is 23.2 Å². The van der Waals surface area contributed by atoms with Gasteiger partial charge in [0.05, 0.1) is 0 Å². The Morgan fingerprint density at radius 3 is 2.88 bits per heavy atom. The van der Waals surface area contributed by atoms with E-state index in [4.69, 9.17) is 4.52 Å². The second-order valence-electron chi connectivity index (χ2n) is 7.08. The number of hydrogen-bond acceptors (Lipinski definition) is 5. The Kier molecular flexibility index (Phi) is 3.84. The molecular weight excluding hydrogens is 304 g/mol. The molecule has 2 N–H and O–H groups in total. The molecular formula is C18H22N4O2. The maximum atomic E-state index is 12.6. The number of carbonyl (C=O) groups excluding carboxylic acids is 1. The Labute approximate surface area is 141 Å². The lowest BCUT2D eigenvalue weighted by atomic mass is 9.90. The predicted octanol–water partition coefficient (Wildman–Crippen LogP) is 2.49. The zero-order chi connectivity index (χ0) is 16.6. The van der Waals surface area contributed by atoms with Gasteiger partial charge in [0.2, 0.25) is 11.7 Å². The first-order valence-electron chi connectivity index (χ1n) is 8.60. The predicted molar refractivity (Wildman–Crippen MR) is 89.7 cm³/mol. The first-order valence-corrected chi connectivity index (χ1v) is 8.60. The van der Waals surface area contributed by atoms with Crippen molar-refractivity contribution in [3.05, 3.63) is 35.7 Å². The van der Waals surface area contributed by atoms with E-state index >= 15 is 0 Å². The molecule has 2 heterocycles. The van der Waals surface area contributed by atoms with Gasteiger partial charge in [-0.25, -0.2) is 0 Å². The molecule has 126 valence electrons. The van der Waals surface area contributed by atoms with Crippen molar-refractivity contribution in [3.8, 4) is 11.4 Å². The lowest BCUT2D eigenvalue weighted by Crippen LogP contribution is -2.52. The van der Waals surface area contributed by atoms with Crippen LogP contribution in [0.5, 0.6) is 0 Å². The number of nitrogens with zero attached hydrogens (tertiary/aromatic N) is 2. The van der Waals surface area contributed by atoms with Crippen molar-refractivity contribution in [2.75, 3.05) is 13.1 Å². The number of rotatable bonds is 4. The van der Waals surface area contributed by atoms with Gasteiger partial charge in [-0.1, -0.05) is 17.3 Å². The van der Waals surface area contributed by atoms with E-state index in [9.17, 15) is 4.79 Å². The second kappa shape index (κ2) is 6.02. The lowest BCUT2D eigenvalue weighted by molar-refractivity contribution is 0.0887. The zero-order valence-electron chi connectivity index (χ0n) is 13.8. The van der Waals surface area contributed by atoms with Crippen molar-refractivity contribution < 1.29 is 9.32 Å². The monoisotopic (exact) mass is 326 g/mol. The van der Waals surface area contributed by atoms with Crippen molar-refractivity contribution in [1.29, 1.82) is 0 Å². The summed E-state index contributed by atoms with van der Waals surface area (Å²) in [7, 11) is 0. The molecule has 1 aromatic carbocycles. The highest BCUT2D eigenvalue weighted by Gasteiger charge is 2.30. The molecule has 1 saturated heterocycles. The van der Waals surface area contributed by atoms with Crippen molar-refractivity contribution in [2.45, 2.75) is 44.1 Å². The van der Waals surface area contributed by atoms with Crippen molar-refractivity contribution in [1.82, 2.24) is 20.8 Å². The minimum absolute atomic E-state index is 0.0489. The molecule has 6 heteroatoms. The van der Waals surface area contributed by atoms with Gasteiger partial charge >= 0.3 is 0 Å². The van der Waals surface area contributed by atoms with E-state index in [0.717, 1.165) is 44.3 Å². The van der Waals surface area contributed by atoms with Crippen LogP contribution in [-0.4, -0.2) is 34.7 Å². The van der Waals surface area contributed by atoms with Crippen LogP contribution in [0.1, 0.15) is 54.8 Å². The molecule has 0 spiro atoms. The van der Waals surface area contributed by atoms with Crippen LogP contribution in [0.3, 0.4) is 0 Å². The average molecular weight is 326 g/mol. The SMILES string of the molecule is CC1(NC(=O)c2cccc(-c3noc(C4CC4)n3)c2)CCNCC1. The molecule has 0 bridgehead atoms. The summed E-state index contributed by atoms with van der Waals surface area (Å²) < 4.78 is 5.31. The van der Waals surface area contributed by atoms with E-state index in [1.807, 2.05) is 24.3 Å². The molecule has 2 aliphatic rings. The van der Waals surface area contributed by atoms with Crippen LogP contribution < -0.4 is 10.6 Å². The molecule has 1 aliphatic carbocycles. The molecule has 0 unspecified atom stereocenters. The summed E-state index contributed by atoms with van der Waals surface area (Å²) in [6, 6.07) is 7.43. The molecule has 2 aromatic rings. The minimum atomic E-state index is -0.149. The van der Waals surface area contributed by atoms with Gasteiger partial charge in [-0.2, -0.15) is 4.98 Å². The molecule has 24 heavy (non-hydrogen) atoms. The van der Waals surface area contributed by atoms with Gasteiger partial charge in [-0.05, 0) is 57.8 Å². The maximum absolute atomic E-state index is 12.6. The fourth-order valence-electron chi connectivity index (χ4n) is 3.10. The maximum Gasteiger partial charge on any atom is 0.251 e. The second-order valence-corrected chi connectivity index (χ2v) is 7.08. The first kappa shape index (κ1) is 15.3. The Morgan fingerprint density at radius 2 is 2.12 bits per heavy atom. The minimum Gasteiger partial charge on any atom is -0.347 e. The Bertz CT molecular complexity index is 745. The fourth-order valence-corrected chi connectivity index (χ4v) is 3.10. The molecule has 1 aromatic heterocycles. The number of carbonyl (C=O) groups is 1. The molecule has 1 amide bonds. The number of hydrogen-bond donors (Lipinski definition) is 2. The van der Waals surface area contributed by atoms with E-state index in [2.05, 4.69) is 27.7 Å². The highest BCUT2D eigenvalue weighted by Crippen LogP contribution is 2.39. The Morgan fingerprint density at radius 1 is 1.33 bits per heavy atom. The summed E-state index contributed by atoms with van der Waals surface area (Å²) in [6.07, 6.45) is 4.12. The summed E-state index contributed by atoms with van der Waals surface area (Å²) in [6.45, 7) is 3.98. The summed E-state index contributed by atoms with van der Waals surface area (Å²) in [4.78, 5) is 17.1. The summed E-state index contributed by atoms with van der Waals surface area (Å²) >= 11 is 0. The number of benzene rings is 1. The Hall–Kier alpha value is -2.21. The lowest BCUT2D eigenvalue weighted by Gasteiger charge is -2.35. The van der Waals surface area contributed by atoms with Gasteiger partial charge in [0.15, 0.2) is 0 Å². The summed E-state index contributed by atoms with van der Waals surface area (Å²) in [5.41, 5.74) is 1.29. The van der Waals surface area contributed by atoms with Crippen LogP contribution in [0.4, 0.5) is 0 Å². The third kappa shape index (κ3) is 3.19. The largest absolute Gasteiger partial charge is 0.347 e. The topological polar surface area (TPSA) is 80.1 Å². The van der Waals surface area contributed by atoms with Gasteiger partial charge in [-0.3, -0.25) is 4.79 Å². The third-order valence-electron chi connectivity index (χ3n) is 4.87. The van der Waals surface area contributed by atoms with Gasteiger partial charge in [-0.15, -0.1) is 0 Å². The van der Waals surface area contributed by atoms with Gasteiger partial charge in [0.1, 0.15) is 0 Å². The first-order chi connectivity index (χ1) is 11.6. The number of amides is 1. The molecule has 1 aliphatic heterocycles. The molecule has 4 rings (SSSR count). The van der Waals surface area contributed by atoms with Crippen molar-refractivity contribution in [3.63, 3.8) is 0 Å². The van der Waals surface area contributed by atoms with Crippen LogP contribution in [-0.2, 0) is 0 Å². The third-order valence-corrected chi connectivity index (χ3v) is 4.87. The normalized spacial score (nSPS) is 19.9. The molecule has 2 fully saturated rings. The van der Waals surface area contributed by atoms with Gasteiger partial charge in [0.25, 0.3) is 5.91 Å². The van der Waals surface area contributed by atoms with Crippen molar-refractivity contribution >= 4 is 5.91 Å². The molecule has 0 radical (unpaired) electrons. The highest BCUT2D eigenvalue weighted by atomic mass is 16.5. The van der Waals surface area contributed by atoms with Crippen LogP contribution in [0, 0.1) is 0 Å². The smallest absolute Gasteiger partial charge is 0.251 e. The quantitative estimate of drug-likeness (QED) is 0.902. The summed E-state index contributed by atoms with van der Waals surface area (Å²) in [5, 5.41) is 10.6. The molecule has 0 atom stereocenters. The van der Waals surface area contributed by atoms with Crippen LogP contribution >= 0.6 is 0 Å². The van der Waals surface area contributed by atoms with E-state index in [1.165, 1.54) is 0 Å². The van der Waals surface area contributed by atoms with Crippen LogP contribution in [0.15, 0.2) is 28.8 Å². The number of aromatic nitrogens is 2. The van der Waals surface area contributed by atoms with Gasteiger partial charge < -0.3 is 15.2 Å². The summed E-state index contributed by atoms with van der Waals surface area (Å²) in [5.74, 6) is 1.64. The van der Waals surface area contributed by atoms with E-state index < -0.39 is 0 Å². The van der Waals surface area contributed by atoms with Crippen LogP contribution in [0.2, 0.25) is 0 Å². The highest BCUT2D eigenvalue weighted by molar-refractivity contribution is 5.95. The van der Waals surface area contributed by atoms with Gasteiger partial charge in [0, 0.05) is 22.6 Å². The van der Waals surface area contributed by atoms with Crippen LogP contribution in [0.25, 0.3) is 11.4 Å². The Balaban J connectivity index is 1.51. The number of piperidine rings is 1. The van der Waals surface area contributed by atoms with E-state index in [1.54, 1.807) is 0 Å². The number of nitrogens with one attached hydrogen (secondary N) is 2. The molecule has 6 nitrogen and oxygen atoms in total. The van der Waals surface area contributed by atoms with Crippen molar-refractivity contribution in [2.24, 2.45) is 0 Å².